The summed E-state index contributed by atoms with van der Waals surface area (Å²) in [5, 5.41) is 33.4. The van der Waals surface area contributed by atoms with E-state index in [-0.39, 0.29) is 115 Å². The van der Waals surface area contributed by atoms with E-state index < -0.39 is 83.1 Å². The molecule has 6 fully saturated rings. The second kappa shape index (κ2) is 39.5. The summed E-state index contributed by atoms with van der Waals surface area (Å²) in [7, 11) is 0. The maximum atomic E-state index is 14.9. The largest absolute Gasteiger partial charge is 0.472 e. The quantitative estimate of drug-likeness (QED) is 0.0145. The number of Topliss-reactive ketones (excluding diaryl/α,β-unsaturated/α-hetero) is 6. The first-order chi connectivity index (χ1) is 52.9. The fourth-order valence-electron chi connectivity index (χ4n) is 16.8. The number of ketones is 6. The number of nitrogens with two attached hydrogens (primary N) is 1. The molecule has 11 rings (SSSR count). The number of amides is 2. The third-order valence-corrected chi connectivity index (χ3v) is 24.3. The standard InChI is InChI=1S/C43H60ClN5O6S.C43H58ClN5O6/c1-5-11-28(40(53)37(52)20-26-16-17-26)21-35(50)34-22-30(55-38-19-18-29(44)24-46-38)25-49(34)41(54)31(43(2,3)4)23-36(51)39(27-12-7-6-8-13-27)48-42(56)47-33-15-10-9-14-32(33)45;1-5-11-28(40(53)37(52)20-26-16-17-26)21-35(50)34-22-30(55-38-19-18-29(44)24-45-38)25-49(34)41(54)31(43(2,3)4)23-36(51)39(27-12-7-6-8-13-27)48-42-46-32-14-9-10-15-33(32)47-42/h9-10,14-15,18-19,24,26-28,30-31,34,39-40,53H,5-8,11-13,16-17,20-23,25,45H2,1-4H3,(H2,47,48,56);9-10,14-15,18-19,24,26-28,30-31,34,39-40,53H,5-8,11-13,16-17,20-23,25H2,1-4H3,(H2,46,47,48)/t2*28-,30-,31-,34+,39+,40?/m11/s1. The van der Waals surface area contributed by atoms with Crippen molar-refractivity contribution in [2.24, 2.45) is 58.2 Å². The number of halogens is 2. The molecule has 3 aromatic heterocycles. The molecule has 12 atom stereocenters. The number of ether oxygens (including phenoxy) is 2. The van der Waals surface area contributed by atoms with Gasteiger partial charge in [-0.15, -0.1) is 0 Å². The van der Waals surface area contributed by atoms with E-state index in [1.807, 2.05) is 97.9 Å². The summed E-state index contributed by atoms with van der Waals surface area (Å²) < 4.78 is 12.4. The van der Waals surface area contributed by atoms with Crippen molar-refractivity contribution in [1.29, 1.82) is 0 Å². The lowest BCUT2D eigenvalue weighted by Crippen LogP contribution is -2.51. The van der Waals surface area contributed by atoms with Gasteiger partial charge in [-0.25, -0.2) is 15.0 Å². The minimum Gasteiger partial charge on any atom is -0.472 e. The van der Waals surface area contributed by atoms with Gasteiger partial charge >= 0.3 is 0 Å². The van der Waals surface area contributed by atoms with Crippen LogP contribution in [-0.2, 0) is 38.4 Å². The van der Waals surface area contributed by atoms with Crippen LogP contribution in [0.3, 0.4) is 0 Å². The van der Waals surface area contributed by atoms with Crippen molar-refractivity contribution in [1.82, 2.24) is 35.1 Å². The second-order valence-electron chi connectivity index (χ2n) is 34.5. The van der Waals surface area contributed by atoms with Gasteiger partial charge in [-0.05, 0) is 159 Å². The molecule has 0 bridgehead atoms. The fourth-order valence-corrected chi connectivity index (χ4v) is 17.3. The van der Waals surface area contributed by atoms with Crippen LogP contribution in [-0.4, -0.2) is 153 Å². The number of imidazole rings is 1. The van der Waals surface area contributed by atoms with E-state index in [0.717, 1.165) is 101 Å². The lowest BCUT2D eigenvalue weighted by atomic mass is 9.74. The minimum atomic E-state index is -1.24. The van der Waals surface area contributed by atoms with E-state index in [0.29, 0.717) is 89.5 Å². The first kappa shape index (κ1) is 86.0. The predicted octanol–water partition coefficient (Wildman–Crippen LogP) is 15.1. The summed E-state index contributed by atoms with van der Waals surface area (Å²) >= 11 is 17.8. The van der Waals surface area contributed by atoms with Gasteiger partial charge in [-0.3, -0.25) is 38.4 Å². The van der Waals surface area contributed by atoms with Gasteiger partial charge in [0.1, 0.15) is 24.4 Å². The maximum absolute atomic E-state index is 14.9. The number of nitrogens with zero attached hydrogens (tertiary/aromatic N) is 5. The number of hydrogen-bond donors (Lipinski definition) is 7. The molecule has 5 aromatic rings. The van der Waals surface area contributed by atoms with Crippen molar-refractivity contribution in [3.8, 4) is 11.8 Å². The van der Waals surface area contributed by atoms with Gasteiger partial charge in [0.2, 0.25) is 29.5 Å². The SMILES string of the molecule is CCC[C@H](CC(=O)[C@@H]1C[C@@H](Oc2ccc(Cl)cn2)CN1C(=O)[C@@H](CC(=O)[C@@H](NC(=S)Nc1ccccc1N)C1CCCCC1)C(C)(C)C)C(O)C(=O)CC1CC1.CCC[C@H](CC(=O)[C@@H]1C[C@@H](Oc2ccc(Cl)cn2)CN1C(=O)[C@@H](CC(=O)[C@@H](Nc1nc2ccccc2[nH]1)C1CCCCC1)C(C)(C)C)C(O)C(=O)CC1CC1. The molecule has 22 nitrogen and oxygen atoms in total. The highest BCUT2D eigenvalue weighted by Gasteiger charge is 2.50. The number of benzene rings is 2. The lowest BCUT2D eigenvalue weighted by molar-refractivity contribution is -0.146. The van der Waals surface area contributed by atoms with Gasteiger partial charge in [0.25, 0.3) is 0 Å². The first-order valence-corrected chi connectivity index (χ1v) is 41.9. The number of aromatic amines is 1. The zero-order chi connectivity index (χ0) is 79.8. The molecule has 4 aliphatic carbocycles. The number of aliphatic hydroxyl groups excluding tert-OH is 2. The van der Waals surface area contributed by atoms with Crippen LogP contribution < -0.4 is 31.2 Å². The summed E-state index contributed by atoms with van der Waals surface area (Å²) in [6.45, 7) is 15.9. The van der Waals surface area contributed by atoms with Gasteiger partial charge in [-0.1, -0.05) is 154 Å². The summed E-state index contributed by atoms with van der Waals surface area (Å²) in [6, 6.07) is 18.8. The molecule has 0 radical (unpaired) electrons. The number of anilines is 3. The minimum absolute atomic E-state index is 0.00869. The number of nitrogens with one attached hydrogen (secondary N) is 4. The second-order valence-corrected chi connectivity index (χ2v) is 35.8. The van der Waals surface area contributed by atoms with Gasteiger partial charge in [0.15, 0.2) is 39.8 Å². The number of H-pyrrole nitrogens is 1. The van der Waals surface area contributed by atoms with Crippen LogP contribution in [0.15, 0.2) is 85.2 Å². The van der Waals surface area contributed by atoms with E-state index in [4.69, 9.17) is 55.6 Å². The summed E-state index contributed by atoms with van der Waals surface area (Å²) in [5.41, 5.74) is 7.73. The highest BCUT2D eigenvalue weighted by atomic mass is 35.5. The zero-order valence-electron chi connectivity index (χ0n) is 66.1. The Morgan fingerprint density at radius 1 is 0.586 bits per heavy atom. The molecule has 5 heterocycles. The molecule has 6 aliphatic rings. The van der Waals surface area contributed by atoms with Crippen LogP contribution in [0.5, 0.6) is 11.8 Å². The molecule has 2 aliphatic heterocycles. The molecule has 0 spiro atoms. The molecule has 111 heavy (non-hydrogen) atoms. The van der Waals surface area contributed by atoms with Gasteiger partial charge in [0, 0.05) is 87.7 Å². The van der Waals surface area contributed by atoms with Crippen LogP contribution in [0.2, 0.25) is 10.0 Å². The number of fused-ring (bicyclic) bond motifs is 1. The highest BCUT2D eigenvalue weighted by molar-refractivity contribution is 7.80. The van der Waals surface area contributed by atoms with Gasteiger partial charge in [0.05, 0.1) is 69.7 Å². The number of rotatable bonds is 36. The van der Waals surface area contributed by atoms with Crippen molar-refractivity contribution in [2.75, 3.05) is 29.5 Å². The molecular formula is C86H118Cl2N10O12S. The average Bonchev–Trinajstić information content (AvgIpc) is 1.66. The average molecular weight is 1590 g/mol. The number of thiocarbonyl (C=S) groups is 1. The summed E-state index contributed by atoms with van der Waals surface area (Å²) in [4.78, 5) is 133. The molecule has 2 amide bonds. The Labute approximate surface area is 670 Å². The number of para-hydroxylation sites is 4. The van der Waals surface area contributed by atoms with Gasteiger partial charge in [-0.2, -0.15) is 0 Å². The molecule has 604 valence electrons. The number of nitrogen functional groups attached to an aromatic ring is 1. The van der Waals surface area contributed by atoms with Gasteiger partial charge < -0.3 is 56.2 Å². The Kier molecular flexibility index (Phi) is 30.6. The number of aromatic nitrogens is 4. The van der Waals surface area contributed by atoms with Crippen molar-refractivity contribution < 1.29 is 58.0 Å². The monoisotopic (exact) mass is 1580 g/mol. The van der Waals surface area contributed by atoms with E-state index in [1.54, 1.807) is 40.1 Å². The van der Waals surface area contributed by atoms with E-state index >= 15 is 0 Å². The van der Waals surface area contributed by atoms with Crippen LogP contribution in [0.4, 0.5) is 17.3 Å². The molecule has 2 aromatic carbocycles. The lowest BCUT2D eigenvalue weighted by Gasteiger charge is -2.37. The van der Waals surface area contributed by atoms with Crippen LogP contribution >= 0.6 is 35.4 Å². The van der Waals surface area contributed by atoms with E-state index in [2.05, 4.69) is 30.9 Å². The van der Waals surface area contributed by atoms with E-state index in [1.165, 1.54) is 12.4 Å². The fraction of sp³-hybridized carbons (Fsp3) is 0.628. The molecule has 8 N–H and O–H groups in total. The van der Waals surface area contributed by atoms with Crippen LogP contribution in [0.25, 0.3) is 11.0 Å². The molecule has 25 heteroatoms. The first-order valence-electron chi connectivity index (χ1n) is 40.8. The van der Waals surface area contributed by atoms with E-state index in [9.17, 15) is 48.6 Å². The highest BCUT2D eigenvalue weighted by Crippen LogP contribution is 2.42. The van der Waals surface area contributed by atoms with Crippen molar-refractivity contribution in [2.45, 2.75) is 271 Å². The smallest absolute Gasteiger partial charge is 0.227 e. The number of carbonyl (C=O) groups is 8. The Bertz CT molecular complexity index is 3960. The maximum Gasteiger partial charge on any atom is 0.227 e. The molecule has 2 unspecified atom stereocenters. The molecular weight excluding hydrogens is 1470 g/mol. The molecule has 2 saturated heterocycles. The number of carbonyl (C=O) groups excluding carboxylic acids is 8. The topological polar surface area (TPSA) is 319 Å². The number of aliphatic hydroxyl groups is 2. The normalized spacial score (nSPS) is 21.3. The van der Waals surface area contributed by atoms with Crippen LogP contribution in [0.1, 0.15) is 222 Å². The predicted molar refractivity (Wildman–Crippen MR) is 436 cm³/mol. The third-order valence-electron chi connectivity index (χ3n) is 23.6. The van der Waals surface area contributed by atoms with Crippen molar-refractivity contribution in [3.05, 3.63) is 95.2 Å². The Morgan fingerprint density at radius 3 is 1.45 bits per heavy atom. The molecule has 4 saturated carbocycles. The number of pyridine rings is 2. The Morgan fingerprint density at radius 2 is 1.03 bits per heavy atom. The summed E-state index contributed by atoms with van der Waals surface area (Å²) in [5.74, 6) is -2.29. The Hall–Kier alpha value is -7.44. The summed E-state index contributed by atoms with van der Waals surface area (Å²) in [6.07, 6.45) is 16.6. The Balaban J connectivity index is 0.000000236. The number of hydrogen-bond acceptors (Lipinski definition) is 18. The van der Waals surface area contributed by atoms with Crippen molar-refractivity contribution >= 4 is 115 Å². The zero-order valence-corrected chi connectivity index (χ0v) is 68.4. The van der Waals surface area contributed by atoms with Crippen LogP contribution in [0, 0.1) is 58.2 Å². The van der Waals surface area contributed by atoms with Crippen molar-refractivity contribution in [3.63, 3.8) is 0 Å². The third kappa shape index (κ3) is 24.3. The number of likely N-dealkylation sites (tertiary alicyclic amines) is 2.